The lowest BCUT2D eigenvalue weighted by molar-refractivity contribution is -0.144. The molecule has 2 rings (SSSR count). The number of pyridine rings is 1. The largest absolute Gasteiger partial charge is 0.464 e. The fraction of sp³-hybridized carbons (Fsp3) is 0.611. The smallest absolute Gasteiger partial charge is 0.338 e. The van der Waals surface area contributed by atoms with Crippen LogP contribution in [0.5, 0.6) is 0 Å². The van der Waals surface area contributed by atoms with Crippen molar-refractivity contribution in [3.8, 4) is 0 Å². The van der Waals surface area contributed by atoms with Crippen molar-refractivity contribution in [3.05, 3.63) is 30.1 Å². The van der Waals surface area contributed by atoms with Crippen molar-refractivity contribution in [1.29, 1.82) is 0 Å². The number of amides is 1. The first kappa shape index (κ1) is 19.3. The van der Waals surface area contributed by atoms with Gasteiger partial charge in [0.05, 0.1) is 12.6 Å². The first-order valence-electron chi connectivity index (χ1n) is 8.53. The van der Waals surface area contributed by atoms with Crippen LogP contribution in [0.25, 0.3) is 0 Å². The Hall–Kier alpha value is -1.99. The molecule has 0 spiro atoms. The lowest BCUT2D eigenvalue weighted by Gasteiger charge is -2.28. The van der Waals surface area contributed by atoms with Gasteiger partial charge < -0.3 is 19.5 Å². The van der Waals surface area contributed by atoms with Gasteiger partial charge in [0.15, 0.2) is 12.2 Å². The van der Waals surface area contributed by atoms with E-state index in [1.54, 1.807) is 26.4 Å². The van der Waals surface area contributed by atoms with Gasteiger partial charge >= 0.3 is 5.97 Å². The van der Waals surface area contributed by atoms with Crippen LogP contribution in [0.1, 0.15) is 38.9 Å². The predicted octanol–water partition coefficient (Wildman–Crippen LogP) is 1.63. The molecule has 7 heteroatoms. The third-order valence-electron chi connectivity index (χ3n) is 3.95. The summed E-state index contributed by atoms with van der Waals surface area (Å²) in [6.07, 6.45) is 2.20. The second-order valence-electron chi connectivity index (χ2n) is 6.42. The third kappa shape index (κ3) is 5.24. The van der Waals surface area contributed by atoms with Crippen LogP contribution in [0.4, 0.5) is 0 Å². The van der Waals surface area contributed by atoms with Crippen molar-refractivity contribution in [3.63, 3.8) is 0 Å². The highest BCUT2D eigenvalue weighted by atomic mass is 16.6. The molecular formula is C18H26N2O5. The van der Waals surface area contributed by atoms with Crippen LogP contribution in [0.3, 0.4) is 0 Å². The Morgan fingerprint density at radius 1 is 1.36 bits per heavy atom. The zero-order valence-electron chi connectivity index (χ0n) is 15.1. The Balaban J connectivity index is 2.05. The predicted molar refractivity (Wildman–Crippen MR) is 90.7 cm³/mol. The Labute approximate surface area is 148 Å². The van der Waals surface area contributed by atoms with Gasteiger partial charge in [-0.2, -0.15) is 0 Å². The number of rotatable bonds is 9. The van der Waals surface area contributed by atoms with Crippen molar-refractivity contribution >= 4 is 11.9 Å². The number of ether oxygens (including phenoxy) is 3. The molecule has 1 N–H and O–H groups in total. The zero-order chi connectivity index (χ0) is 18.4. The molecule has 1 amide bonds. The molecule has 0 aliphatic carbocycles. The molecule has 0 radical (unpaired) electrons. The quantitative estimate of drug-likeness (QED) is 0.538. The molecule has 138 valence electrons. The van der Waals surface area contributed by atoms with E-state index < -0.39 is 18.2 Å². The lowest BCUT2D eigenvalue weighted by atomic mass is 9.95. The van der Waals surface area contributed by atoms with E-state index in [2.05, 4.69) is 24.1 Å². The van der Waals surface area contributed by atoms with Crippen LogP contribution in [0.2, 0.25) is 0 Å². The molecule has 1 aliphatic heterocycles. The summed E-state index contributed by atoms with van der Waals surface area (Å²) in [4.78, 5) is 28.2. The standard InChI is InChI=1S/C18H26N2O5/c1-5-24-18(22)16-15(25-16)17(21)20-13(9-11(2)3)14(23-4)12-7-6-8-19-10-12/h6-8,10-11,13-16H,5,9H2,1-4H3,(H,20,21)/t13?,14-,15-,16-/m0/s1. The summed E-state index contributed by atoms with van der Waals surface area (Å²) in [5.74, 6) is -0.478. The van der Waals surface area contributed by atoms with Crippen molar-refractivity contribution in [2.45, 2.75) is 51.5 Å². The Bertz CT molecular complexity index is 578. The van der Waals surface area contributed by atoms with E-state index in [1.807, 2.05) is 12.1 Å². The molecule has 7 nitrogen and oxygen atoms in total. The minimum Gasteiger partial charge on any atom is -0.464 e. The summed E-state index contributed by atoms with van der Waals surface area (Å²) in [5, 5.41) is 2.96. The monoisotopic (exact) mass is 350 g/mol. The topological polar surface area (TPSA) is 90.0 Å². The number of epoxide rings is 1. The average molecular weight is 350 g/mol. The maximum absolute atomic E-state index is 12.5. The zero-order valence-corrected chi connectivity index (χ0v) is 15.1. The van der Waals surface area contributed by atoms with Gasteiger partial charge in [-0.1, -0.05) is 19.9 Å². The van der Waals surface area contributed by atoms with Gasteiger partial charge in [0.1, 0.15) is 6.10 Å². The first-order chi connectivity index (χ1) is 12.0. The number of nitrogens with zero attached hydrogens (tertiary/aromatic N) is 1. The van der Waals surface area contributed by atoms with Crippen LogP contribution < -0.4 is 5.32 Å². The molecule has 1 saturated heterocycles. The van der Waals surface area contributed by atoms with E-state index in [0.29, 0.717) is 5.92 Å². The maximum Gasteiger partial charge on any atom is 0.338 e. The van der Waals surface area contributed by atoms with E-state index in [1.165, 1.54) is 0 Å². The van der Waals surface area contributed by atoms with Crippen LogP contribution in [-0.2, 0) is 23.8 Å². The number of hydrogen-bond acceptors (Lipinski definition) is 6. The van der Waals surface area contributed by atoms with E-state index in [9.17, 15) is 9.59 Å². The molecule has 0 saturated carbocycles. The molecule has 1 fully saturated rings. The molecular weight excluding hydrogens is 324 g/mol. The van der Waals surface area contributed by atoms with Crippen LogP contribution in [0, 0.1) is 5.92 Å². The van der Waals surface area contributed by atoms with Gasteiger partial charge in [-0.25, -0.2) is 4.79 Å². The van der Waals surface area contributed by atoms with E-state index in [0.717, 1.165) is 12.0 Å². The minimum atomic E-state index is -0.806. The normalized spacial score (nSPS) is 21.5. The summed E-state index contributed by atoms with van der Waals surface area (Å²) in [6.45, 7) is 6.12. The highest BCUT2D eigenvalue weighted by Crippen LogP contribution is 2.27. The summed E-state index contributed by atoms with van der Waals surface area (Å²) in [7, 11) is 1.60. The molecule has 1 aromatic heterocycles. The van der Waals surface area contributed by atoms with Gasteiger partial charge in [-0.05, 0) is 25.3 Å². The molecule has 1 unspecified atom stereocenters. The van der Waals surface area contributed by atoms with Gasteiger partial charge in [-0.3, -0.25) is 9.78 Å². The van der Waals surface area contributed by atoms with Crippen molar-refractivity contribution < 1.29 is 23.8 Å². The number of aromatic nitrogens is 1. The number of nitrogens with one attached hydrogen (secondary N) is 1. The Kier molecular flexibility index (Phi) is 6.90. The van der Waals surface area contributed by atoms with Crippen LogP contribution in [0.15, 0.2) is 24.5 Å². The molecule has 2 heterocycles. The van der Waals surface area contributed by atoms with Crippen LogP contribution in [-0.4, -0.2) is 48.8 Å². The Morgan fingerprint density at radius 3 is 2.68 bits per heavy atom. The highest BCUT2D eigenvalue weighted by molar-refractivity contribution is 5.92. The summed E-state index contributed by atoms with van der Waals surface area (Å²) < 4.78 is 15.7. The van der Waals surface area contributed by atoms with Gasteiger partial charge in [0, 0.05) is 25.1 Å². The number of carbonyl (C=O) groups excluding carboxylic acids is 2. The second-order valence-corrected chi connectivity index (χ2v) is 6.42. The number of methoxy groups -OCH3 is 1. The van der Waals surface area contributed by atoms with Crippen LogP contribution >= 0.6 is 0 Å². The Morgan fingerprint density at radius 2 is 2.12 bits per heavy atom. The fourth-order valence-electron chi connectivity index (χ4n) is 2.82. The van der Waals surface area contributed by atoms with E-state index in [-0.39, 0.29) is 24.7 Å². The average Bonchev–Trinajstić information content (AvgIpc) is 3.37. The third-order valence-corrected chi connectivity index (χ3v) is 3.95. The SMILES string of the molecule is CCOC(=O)[C@H]1O[C@@H]1C(=O)NC(CC(C)C)[C@@H](OC)c1cccnc1. The molecule has 4 atom stereocenters. The molecule has 0 bridgehead atoms. The molecule has 0 aromatic carbocycles. The second kappa shape index (κ2) is 8.92. The van der Waals surface area contributed by atoms with Crippen molar-refractivity contribution in [1.82, 2.24) is 10.3 Å². The maximum atomic E-state index is 12.5. The van der Waals surface area contributed by atoms with E-state index >= 15 is 0 Å². The minimum absolute atomic E-state index is 0.256. The number of esters is 1. The fourth-order valence-corrected chi connectivity index (χ4v) is 2.82. The number of hydrogen-bond donors (Lipinski definition) is 1. The molecule has 1 aromatic rings. The highest BCUT2D eigenvalue weighted by Gasteiger charge is 2.52. The molecule has 25 heavy (non-hydrogen) atoms. The lowest BCUT2D eigenvalue weighted by Crippen LogP contribution is -2.43. The summed E-state index contributed by atoms with van der Waals surface area (Å²) >= 11 is 0. The van der Waals surface area contributed by atoms with Gasteiger partial charge in [-0.15, -0.1) is 0 Å². The van der Waals surface area contributed by atoms with Gasteiger partial charge in [0.25, 0.3) is 5.91 Å². The van der Waals surface area contributed by atoms with Gasteiger partial charge in [0.2, 0.25) is 0 Å². The summed E-state index contributed by atoms with van der Waals surface area (Å²) in [5.41, 5.74) is 0.884. The number of carbonyl (C=O) groups is 2. The van der Waals surface area contributed by atoms with Crippen molar-refractivity contribution in [2.75, 3.05) is 13.7 Å². The first-order valence-corrected chi connectivity index (χ1v) is 8.53. The molecule has 1 aliphatic rings. The van der Waals surface area contributed by atoms with Crippen molar-refractivity contribution in [2.24, 2.45) is 5.92 Å². The van der Waals surface area contributed by atoms with E-state index in [4.69, 9.17) is 14.2 Å². The summed E-state index contributed by atoms with van der Waals surface area (Å²) in [6, 6.07) is 3.49.